The fraction of sp³-hybridized carbons (Fsp3) is 0. The number of fused-ring (bicyclic) bond motifs is 11. The van der Waals surface area contributed by atoms with E-state index in [4.69, 9.17) is 9.97 Å². The van der Waals surface area contributed by atoms with Crippen molar-refractivity contribution in [3.8, 4) is 45.1 Å². The van der Waals surface area contributed by atoms with Crippen LogP contribution in [0.4, 0.5) is 0 Å². The third-order valence-electron chi connectivity index (χ3n) is 13.1. The van der Waals surface area contributed by atoms with Crippen LogP contribution in [-0.4, -0.2) is 19.1 Å². The average molecular weight is 819 g/mol. The molecule has 10 aromatic carbocycles. The zero-order valence-electron chi connectivity index (χ0n) is 33.8. The molecule has 0 radical (unpaired) electrons. The second kappa shape index (κ2) is 13.3. The van der Waals surface area contributed by atoms with Crippen molar-refractivity contribution in [2.24, 2.45) is 0 Å². The fourth-order valence-electron chi connectivity index (χ4n) is 10.3. The summed E-state index contributed by atoms with van der Waals surface area (Å²) in [4.78, 5) is 13.1. The molecule has 292 valence electrons. The van der Waals surface area contributed by atoms with E-state index in [1.54, 1.807) is 0 Å². The summed E-state index contributed by atoms with van der Waals surface area (Å²) in [5.74, 6) is 0.661. The van der Waals surface area contributed by atoms with E-state index in [1.807, 2.05) is 17.8 Å². The Balaban J connectivity index is 1.01. The van der Waals surface area contributed by atoms with Crippen LogP contribution >= 0.6 is 11.8 Å². The Kier molecular flexibility index (Phi) is 7.30. The average Bonchev–Trinajstić information content (AvgIpc) is 3.86. The third-order valence-corrected chi connectivity index (χ3v) is 14.2. The van der Waals surface area contributed by atoms with Crippen LogP contribution < -0.4 is 0 Å². The van der Waals surface area contributed by atoms with Crippen LogP contribution in [0.5, 0.6) is 0 Å². The number of hydrogen-bond acceptors (Lipinski definition) is 3. The molecule has 0 fully saturated rings. The normalized spacial score (nSPS) is 12.4. The molecular formula is C58H34N4S. The monoisotopic (exact) mass is 818 g/mol. The first-order valence-electron chi connectivity index (χ1n) is 21.4. The molecule has 0 N–H and O–H groups in total. The fourth-order valence-corrected chi connectivity index (χ4v) is 11.4. The molecule has 4 nitrogen and oxygen atoms in total. The first kappa shape index (κ1) is 34.7. The van der Waals surface area contributed by atoms with Crippen molar-refractivity contribution >= 4 is 87.8 Å². The highest BCUT2D eigenvalue weighted by Gasteiger charge is 2.25. The molecule has 0 amide bonds. The molecule has 0 spiro atoms. The summed E-state index contributed by atoms with van der Waals surface area (Å²) in [6, 6.07) is 74.9. The lowest BCUT2D eigenvalue weighted by atomic mass is 9.94. The molecule has 5 heteroatoms. The minimum Gasteiger partial charge on any atom is -0.309 e. The van der Waals surface area contributed by atoms with Gasteiger partial charge in [0.25, 0.3) is 0 Å². The maximum absolute atomic E-state index is 5.31. The van der Waals surface area contributed by atoms with Gasteiger partial charge in [0, 0.05) is 53.4 Å². The van der Waals surface area contributed by atoms with E-state index in [9.17, 15) is 0 Å². The molecule has 14 rings (SSSR count). The first-order chi connectivity index (χ1) is 31.2. The summed E-state index contributed by atoms with van der Waals surface area (Å²) in [5, 5.41) is 11.0. The Hall–Kier alpha value is -7.99. The lowest BCUT2D eigenvalue weighted by molar-refractivity contribution is 1.01. The molecule has 0 saturated heterocycles. The summed E-state index contributed by atoms with van der Waals surface area (Å²) in [6.07, 6.45) is 0. The number of nitrogens with zero attached hydrogens (tertiary/aromatic N) is 4. The van der Waals surface area contributed by atoms with Crippen LogP contribution in [0.25, 0.3) is 121 Å². The highest BCUT2D eigenvalue weighted by molar-refractivity contribution is 7.99. The van der Waals surface area contributed by atoms with Crippen molar-refractivity contribution in [1.82, 2.24) is 19.1 Å². The van der Waals surface area contributed by atoms with E-state index in [1.165, 1.54) is 75.2 Å². The summed E-state index contributed by atoms with van der Waals surface area (Å²) in [6.45, 7) is 0. The summed E-state index contributed by atoms with van der Waals surface area (Å²) >= 11 is 1.88. The van der Waals surface area contributed by atoms with Gasteiger partial charge in [0.2, 0.25) is 5.95 Å². The lowest BCUT2D eigenvalue weighted by Crippen LogP contribution is -2.03. The van der Waals surface area contributed by atoms with E-state index in [0.29, 0.717) is 5.95 Å². The highest BCUT2D eigenvalue weighted by atomic mass is 32.2. The molecule has 1 aliphatic rings. The van der Waals surface area contributed by atoms with Gasteiger partial charge in [-0.05, 0) is 99.1 Å². The van der Waals surface area contributed by atoms with Crippen LogP contribution in [-0.2, 0) is 0 Å². The predicted octanol–water partition coefficient (Wildman–Crippen LogP) is 15.6. The number of hydrogen-bond donors (Lipinski definition) is 0. The van der Waals surface area contributed by atoms with Crippen molar-refractivity contribution < 1.29 is 0 Å². The van der Waals surface area contributed by atoms with E-state index in [0.717, 1.165) is 49.8 Å². The van der Waals surface area contributed by atoms with Crippen molar-refractivity contribution in [3.63, 3.8) is 0 Å². The molecule has 13 aromatic rings. The van der Waals surface area contributed by atoms with Crippen molar-refractivity contribution in [2.75, 3.05) is 0 Å². The van der Waals surface area contributed by atoms with E-state index in [2.05, 4.69) is 209 Å². The van der Waals surface area contributed by atoms with Crippen molar-refractivity contribution in [2.45, 2.75) is 9.79 Å². The van der Waals surface area contributed by atoms with Gasteiger partial charge in [-0.2, -0.15) is 0 Å². The summed E-state index contributed by atoms with van der Waals surface area (Å²) in [5.41, 5.74) is 13.6. The molecule has 3 aromatic heterocycles. The molecule has 0 aliphatic carbocycles. The lowest BCUT2D eigenvalue weighted by Gasteiger charge is -2.21. The van der Waals surface area contributed by atoms with Gasteiger partial charge in [-0.3, -0.25) is 4.57 Å². The Bertz CT molecular complexity index is 4070. The number of benzene rings is 10. The molecule has 0 saturated carbocycles. The van der Waals surface area contributed by atoms with Crippen LogP contribution in [0.1, 0.15) is 0 Å². The smallest absolute Gasteiger partial charge is 0.235 e. The second-order valence-electron chi connectivity index (χ2n) is 16.5. The number of para-hydroxylation sites is 2. The Morgan fingerprint density at radius 1 is 0.349 bits per heavy atom. The van der Waals surface area contributed by atoms with Gasteiger partial charge in [-0.15, -0.1) is 0 Å². The van der Waals surface area contributed by atoms with Crippen LogP contribution in [0.2, 0.25) is 0 Å². The van der Waals surface area contributed by atoms with E-state index >= 15 is 0 Å². The van der Waals surface area contributed by atoms with Gasteiger partial charge < -0.3 is 4.57 Å². The van der Waals surface area contributed by atoms with Gasteiger partial charge in [0.15, 0.2) is 0 Å². The number of rotatable bonds is 4. The second-order valence-corrected chi connectivity index (χ2v) is 17.6. The largest absolute Gasteiger partial charge is 0.309 e. The maximum Gasteiger partial charge on any atom is 0.235 e. The maximum atomic E-state index is 5.31. The molecule has 4 heterocycles. The Morgan fingerprint density at radius 3 is 1.92 bits per heavy atom. The molecule has 0 atom stereocenters. The molecule has 0 bridgehead atoms. The third kappa shape index (κ3) is 5.11. The minimum absolute atomic E-state index is 0.661. The van der Waals surface area contributed by atoms with Gasteiger partial charge in [-0.25, -0.2) is 9.97 Å². The van der Waals surface area contributed by atoms with Crippen LogP contribution in [0.15, 0.2) is 216 Å². The number of aromatic nitrogens is 4. The SMILES string of the molecule is c1ccc(-c2nc(-n3c4ccccc4c4cc(-c5ccc6c(c5)c5c7cccc8c7c(cc5n6-c5ccc6ccccc6c5)Sc5ccccc5-8)ccc43)nc3ccccc23)cc1. The summed E-state index contributed by atoms with van der Waals surface area (Å²) < 4.78 is 4.71. The van der Waals surface area contributed by atoms with E-state index < -0.39 is 0 Å². The van der Waals surface area contributed by atoms with Gasteiger partial charge in [0.05, 0.1) is 33.3 Å². The molecule has 1 aliphatic heterocycles. The highest BCUT2D eigenvalue weighted by Crippen LogP contribution is 2.51. The summed E-state index contributed by atoms with van der Waals surface area (Å²) in [7, 11) is 0. The van der Waals surface area contributed by atoms with E-state index in [-0.39, 0.29) is 0 Å². The quantitative estimate of drug-likeness (QED) is 0.177. The van der Waals surface area contributed by atoms with Gasteiger partial charge in [-0.1, -0.05) is 157 Å². The zero-order valence-corrected chi connectivity index (χ0v) is 34.6. The van der Waals surface area contributed by atoms with Gasteiger partial charge >= 0.3 is 0 Å². The molecular weight excluding hydrogens is 785 g/mol. The van der Waals surface area contributed by atoms with Crippen molar-refractivity contribution in [3.05, 3.63) is 206 Å². The topological polar surface area (TPSA) is 35.6 Å². The standard InChI is InChI=1S/C58H34N4S/c1-2-14-36(15-3-1)57-44-19-6-9-22-48(44)59-58(60-57)62-49-23-10-7-17-41(49)46-32-38(26-29-50(46)62)39-27-30-51-47(33-39)55-45-21-12-20-43-42-18-8-11-24-53(42)63-54(56(43)45)34-52(55)61(51)40-28-25-35-13-4-5-16-37(35)31-40/h1-34H. The molecule has 63 heavy (non-hydrogen) atoms. The van der Waals surface area contributed by atoms with Crippen LogP contribution in [0, 0.1) is 0 Å². The minimum atomic E-state index is 0.661. The van der Waals surface area contributed by atoms with Gasteiger partial charge in [0.1, 0.15) is 0 Å². The first-order valence-corrected chi connectivity index (χ1v) is 22.2. The zero-order chi connectivity index (χ0) is 41.2. The Labute approximate surface area is 366 Å². The van der Waals surface area contributed by atoms with Crippen LogP contribution in [0.3, 0.4) is 0 Å². The molecule has 0 unspecified atom stereocenters. The predicted molar refractivity (Wildman–Crippen MR) is 264 cm³/mol. The van der Waals surface area contributed by atoms with Crippen molar-refractivity contribution in [1.29, 1.82) is 0 Å². The Morgan fingerprint density at radius 2 is 1.03 bits per heavy atom.